The van der Waals surface area contributed by atoms with Gasteiger partial charge >= 0.3 is 23.6 Å². The Morgan fingerprint density at radius 2 is 1.96 bits per heavy atom. The summed E-state index contributed by atoms with van der Waals surface area (Å²) in [6, 6.07) is -1.32. The minimum Gasteiger partial charge on any atom is -0.481 e. The molecule has 0 aliphatic heterocycles. The molecule has 13 heteroatoms. The van der Waals surface area contributed by atoms with E-state index in [2.05, 4.69) is 9.97 Å². The molecule has 27 heavy (non-hydrogen) atoms. The molecule has 8 N–H and O–H groups in total. The number of aliphatic carboxylic acids is 1. The Labute approximate surface area is 152 Å². The Morgan fingerprint density at radius 3 is 2.22 bits per heavy atom. The van der Waals surface area contributed by atoms with E-state index in [4.69, 9.17) is 31.3 Å². The zero-order valence-electron chi connectivity index (χ0n) is 14.4. The number of aromatic amines is 1. The van der Waals surface area contributed by atoms with Crippen molar-refractivity contribution in [1.29, 1.82) is 0 Å². The molecule has 156 valence electrons. The van der Waals surface area contributed by atoms with E-state index >= 15 is 0 Å². The van der Waals surface area contributed by atoms with E-state index in [1.165, 1.54) is 12.3 Å². The number of anilines is 1. The van der Waals surface area contributed by atoms with Crippen LogP contribution < -0.4 is 11.4 Å². The summed E-state index contributed by atoms with van der Waals surface area (Å²) in [5.74, 6) is -4.63. The Kier molecular flexibility index (Phi) is 13.6. The molecule has 0 bridgehead atoms. The average molecular weight is 399 g/mol. The first-order chi connectivity index (χ1) is 12.4. The van der Waals surface area contributed by atoms with E-state index in [1.807, 2.05) is 6.92 Å². The van der Waals surface area contributed by atoms with Crippen LogP contribution >= 0.6 is 0 Å². The molecule has 0 aromatic carbocycles. The molecule has 1 aromatic heterocycles. The first kappa shape index (κ1) is 26.7. The highest BCUT2D eigenvalue weighted by atomic mass is 19.2. The number of nitrogens with zero attached hydrogens (tertiary/aromatic N) is 1. The van der Waals surface area contributed by atoms with E-state index in [9.17, 15) is 23.2 Å². The molecule has 11 nitrogen and oxygen atoms in total. The highest BCUT2D eigenvalue weighted by molar-refractivity contribution is 5.76. The number of aromatic nitrogens is 2. The summed E-state index contributed by atoms with van der Waals surface area (Å²) in [7, 11) is 0. The Balaban J connectivity index is 0. The molecule has 0 fully saturated rings. The van der Waals surface area contributed by atoms with Gasteiger partial charge in [0.25, 0.3) is 0 Å². The van der Waals surface area contributed by atoms with Crippen molar-refractivity contribution in [2.45, 2.75) is 44.2 Å². The van der Waals surface area contributed by atoms with Crippen molar-refractivity contribution in [2.75, 3.05) is 12.3 Å². The van der Waals surface area contributed by atoms with Gasteiger partial charge in [0, 0.05) is 12.6 Å². The van der Waals surface area contributed by atoms with Crippen molar-refractivity contribution < 1.29 is 43.9 Å². The molecule has 0 spiro atoms. The Morgan fingerprint density at radius 1 is 1.41 bits per heavy atom. The van der Waals surface area contributed by atoms with Crippen molar-refractivity contribution in [3.8, 4) is 0 Å². The lowest BCUT2D eigenvalue weighted by atomic mass is 10.1. The number of nitrogen functional groups attached to an aromatic ring is 1. The van der Waals surface area contributed by atoms with Crippen LogP contribution in [0, 0.1) is 0 Å². The van der Waals surface area contributed by atoms with Crippen molar-refractivity contribution in [2.24, 2.45) is 0 Å². The number of carboxylic acid groups (broad SMARTS) is 1. The largest absolute Gasteiger partial charge is 0.481 e. The first-order valence-electron chi connectivity index (χ1n) is 7.51. The van der Waals surface area contributed by atoms with E-state index in [-0.39, 0.29) is 5.82 Å². The molecule has 1 rings (SSSR count). The maximum Gasteiger partial charge on any atom is 0.368 e. The van der Waals surface area contributed by atoms with Crippen LogP contribution in [0.4, 0.5) is 14.6 Å². The highest BCUT2D eigenvalue weighted by Gasteiger charge is 2.47. The fraction of sp³-hybridized carbons (Fsp3) is 0.571. The Bertz CT molecular complexity index is 626. The van der Waals surface area contributed by atoms with Crippen LogP contribution in [0.5, 0.6) is 0 Å². The predicted molar refractivity (Wildman–Crippen MR) is 87.7 cm³/mol. The molecule has 0 saturated carbocycles. The average Bonchev–Trinajstić information content (AvgIpc) is 2.59. The number of aliphatic hydroxyl groups excluding tert-OH is 3. The predicted octanol–water partition coefficient (Wildman–Crippen LogP) is -1.53. The number of halogens is 2. The van der Waals surface area contributed by atoms with Crippen molar-refractivity contribution in [3.63, 3.8) is 0 Å². The molecular weight excluding hydrogens is 376 g/mol. The smallest absolute Gasteiger partial charge is 0.368 e. The number of carbonyl (C=O) groups is 2. The summed E-state index contributed by atoms with van der Waals surface area (Å²) >= 11 is 0. The summed E-state index contributed by atoms with van der Waals surface area (Å²) in [5, 5.41) is 41.4. The third-order valence-electron chi connectivity index (χ3n) is 2.65. The molecule has 3 atom stereocenters. The van der Waals surface area contributed by atoms with Crippen LogP contribution in [0.25, 0.3) is 0 Å². The number of hydrogen-bond donors (Lipinski definition) is 7. The van der Waals surface area contributed by atoms with Gasteiger partial charge in [-0.05, 0) is 12.5 Å². The molecule has 1 heterocycles. The summed E-state index contributed by atoms with van der Waals surface area (Å²) in [4.78, 5) is 35.4. The number of unbranched alkanes of at least 4 members (excludes halogenated alkanes) is 1. The maximum absolute atomic E-state index is 12.4. The number of carboxylic acids is 1. The minimum absolute atomic E-state index is 0.244. The third kappa shape index (κ3) is 12.5. The minimum atomic E-state index is -4.18. The van der Waals surface area contributed by atoms with Gasteiger partial charge in [0.05, 0.1) is 6.61 Å². The quantitative estimate of drug-likeness (QED) is 0.263. The monoisotopic (exact) mass is 399 g/mol. The number of nitrogens with one attached hydrogen (secondary N) is 1. The SMILES string of the molecule is CCCCC(=O)O.Nc1cc[nH]c(=O)n1.O=C(F)[C@@](O)(F)C(O)C(O)CO. The van der Waals surface area contributed by atoms with Crippen LogP contribution in [0.3, 0.4) is 0 Å². The fourth-order valence-corrected chi connectivity index (χ4v) is 1.18. The zero-order chi connectivity index (χ0) is 21.6. The molecule has 0 saturated heterocycles. The summed E-state index contributed by atoms with van der Waals surface area (Å²) < 4.78 is 24.0. The Hall–Kier alpha value is -2.48. The van der Waals surface area contributed by atoms with E-state index in [0.717, 1.165) is 12.8 Å². The van der Waals surface area contributed by atoms with Crippen molar-refractivity contribution in [3.05, 3.63) is 22.7 Å². The molecule has 0 amide bonds. The molecule has 1 aromatic rings. The number of rotatable bonds is 7. The van der Waals surface area contributed by atoms with Gasteiger partial charge in [0.15, 0.2) is 6.10 Å². The number of nitrogens with two attached hydrogens (primary N) is 1. The lowest BCUT2D eigenvalue weighted by molar-refractivity contribution is -0.215. The third-order valence-corrected chi connectivity index (χ3v) is 2.65. The normalized spacial score (nSPS) is 14.3. The van der Waals surface area contributed by atoms with Crippen molar-refractivity contribution >= 4 is 17.8 Å². The van der Waals surface area contributed by atoms with Gasteiger partial charge in [-0.3, -0.25) is 9.59 Å². The lowest BCUT2D eigenvalue weighted by Crippen LogP contribution is -2.51. The van der Waals surface area contributed by atoms with E-state index < -0.39 is 42.4 Å². The van der Waals surface area contributed by atoms with E-state index in [1.54, 1.807) is 0 Å². The van der Waals surface area contributed by atoms with Gasteiger partial charge in [-0.15, -0.1) is 0 Å². The second-order valence-electron chi connectivity index (χ2n) is 4.96. The molecule has 0 aliphatic carbocycles. The van der Waals surface area contributed by atoms with Gasteiger partial charge in [0.2, 0.25) is 0 Å². The molecule has 0 radical (unpaired) electrons. The number of aliphatic hydroxyl groups is 4. The van der Waals surface area contributed by atoms with Crippen LogP contribution in [-0.4, -0.2) is 72.2 Å². The number of H-pyrrole nitrogens is 1. The van der Waals surface area contributed by atoms with Crippen LogP contribution in [0.15, 0.2) is 17.1 Å². The fourth-order valence-electron chi connectivity index (χ4n) is 1.18. The molecule has 0 aliphatic rings. The van der Waals surface area contributed by atoms with Gasteiger partial charge in [0.1, 0.15) is 11.9 Å². The highest BCUT2D eigenvalue weighted by Crippen LogP contribution is 2.17. The molecule has 2 unspecified atom stereocenters. The van der Waals surface area contributed by atoms with E-state index in [0.29, 0.717) is 6.42 Å². The summed E-state index contributed by atoms with van der Waals surface area (Å²) in [6.07, 6.45) is -1.30. The van der Waals surface area contributed by atoms with Gasteiger partial charge in [-0.1, -0.05) is 13.3 Å². The van der Waals surface area contributed by atoms with Crippen LogP contribution in [0.2, 0.25) is 0 Å². The number of hydrogen-bond acceptors (Lipinski definition) is 9. The lowest BCUT2D eigenvalue weighted by Gasteiger charge is -2.22. The number of alkyl halides is 1. The summed E-state index contributed by atoms with van der Waals surface area (Å²) in [5.41, 5.74) is 4.72. The standard InChI is InChI=1S/C5H8F2O5.C5H10O2.C4H5N3O/c6-4(11)5(7,12)3(10)2(9)1-8;1-2-3-4-5(6)7;5-3-1-2-6-4(8)7-3/h2-3,8-10,12H,1H2;2-4H2,1H3,(H,6,7);1-2H,(H3,5,6,7,8)/t2?,3?,5-;;/m1../s1. The second-order valence-corrected chi connectivity index (χ2v) is 4.96. The molecular formula is C14H23F2N3O8. The van der Waals surface area contributed by atoms with Gasteiger partial charge in [-0.2, -0.15) is 13.8 Å². The van der Waals surface area contributed by atoms with Crippen molar-refractivity contribution in [1.82, 2.24) is 9.97 Å². The zero-order valence-corrected chi connectivity index (χ0v) is 14.4. The summed E-state index contributed by atoms with van der Waals surface area (Å²) in [6.45, 7) is 0.865. The second kappa shape index (κ2) is 13.7. The van der Waals surface area contributed by atoms with Gasteiger partial charge < -0.3 is 36.3 Å². The first-order valence-corrected chi connectivity index (χ1v) is 7.51. The topological polar surface area (TPSA) is 207 Å². The van der Waals surface area contributed by atoms with Crippen LogP contribution in [0.1, 0.15) is 26.2 Å². The van der Waals surface area contributed by atoms with Gasteiger partial charge in [-0.25, -0.2) is 4.79 Å². The number of carbonyl (C=O) groups excluding carboxylic acids is 1. The maximum atomic E-state index is 12.4. The van der Waals surface area contributed by atoms with Crippen LogP contribution in [-0.2, 0) is 9.59 Å².